The Bertz CT molecular complexity index is 882. The topological polar surface area (TPSA) is 0 Å². The van der Waals surface area contributed by atoms with Gasteiger partial charge in [-0.05, 0) is 51.9 Å². The van der Waals surface area contributed by atoms with E-state index in [4.69, 9.17) is 0 Å². The number of fused-ring (bicyclic) bond motifs is 4. The van der Waals surface area contributed by atoms with E-state index in [9.17, 15) is 0 Å². The third kappa shape index (κ3) is 1.83. The molecule has 3 atom stereocenters. The second-order valence-electron chi connectivity index (χ2n) is 8.81. The molecule has 0 heteroatoms. The second-order valence-corrected chi connectivity index (χ2v) is 8.81. The molecule has 0 amide bonds. The summed E-state index contributed by atoms with van der Waals surface area (Å²) in [7, 11) is 0. The summed E-state index contributed by atoms with van der Waals surface area (Å²) in [5.74, 6) is 1.17. The average molecular weight is 326 g/mol. The maximum absolute atomic E-state index is 2.56. The molecular formula is C25H26. The first-order valence-corrected chi connectivity index (χ1v) is 9.61. The van der Waals surface area contributed by atoms with Crippen molar-refractivity contribution in [3.8, 4) is 0 Å². The predicted octanol–water partition coefficient (Wildman–Crippen LogP) is 6.62. The Morgan fingerprint density at radius 1 is 0.840 bits per heavy atom. The van der Waals surface area contributed by atoms with Crippen LogP contribution < -0.4 is 0 Å². The fourth-order valence-electron chi connectivity index (χ4n) is 5.94. The third-order valence-corrected chi connectivity index (χ3v) is 7.62. The van der Waals surface area contributed by atoms with Crippen molar-refractivity contribution in [3.63, 3.8) is 0 Å². The van der Waals surface area contributed by atoms with Crippen LogP contribution in [0.2, 0.25) is 0 Å². The summed E-state index contributed by atoms with van der Waals surface area (Å²) in [6.07, 6.45) is 5.23. The minimum absolute atomic E-state index is 0.304. The van der Waals surface area contributed by atoms with Crippen molar-refractivity contribution < 1.29 is 0 Å². The molecule has 0 heterocycles. The highest BCUT2D eigenvalue weighted by Gasteiger charge is 2.63. The zero-order valence-corrected chi connectivity index (χ0v) is 15.4. The molecule has 0 aromatic heterocycles. The molecule has 0 saturated heterocycles. The summed E-state index contributed by atoms with van der Waals surface area (Å²) < 4.78 is 0. The lowest BCUT2D eigenvalue weighted by Gasteiger charge is -2.38. The van der Waals surface area contributed by atoms with Crippen LogP contribution >= 0.6 is 0 Å². The molecule has 2 aromatic rings. The zero-order valence-electron chi connectivity index (χ0n) is 15.4. The molecule has 5 rings (SSSR count). The summed E-state index contributed by atoms with van der Waals surface area (Å²) in [6, 6.07) is 22.1. The predicted molar refractivity (Wildman–Crippen MR) is 105 cm³/mol. The van der Waals surface area contributed by atoms with Gasteiger partial charge in [0.05, 0.1) is 0 Å². The summed E-state index contributed by atoms with van der Waals surface area (Å²) in [4.78, 5) is 0. The summed E-state index contributed by atoms with van der Waals surface area (Å²) in [5.41, 5.74) is 8.41. The monoisotopic (exact) mass is 326 g/mol. The minimum Gasteiger partial charge on any atom is -0.0648 e. The Labute approximate surface area is 151 Å². The van der Waals surface area contributed by atoms with E-state index in [2.05, 4.69) is 87.5 Å². The molecule has 2 aromatic carbocycles. The van der Waals surface area contributed by atoms with Crippen LogP contribution in [0.4, 0.5) is 0 Å². The van der Waals surface area contributed by atoms with Gasteiger partial charge >= 0.3 is 0 Å². The third-order valence-electron chi connectivity index (χ3n) is 7.62. The molecule has 3 unspecified atom stereocenters. The maximum Gasteiger partial charge on any atom is 0.0246 e. The number of benzene rings is 2. The molecule has 2 bridgehead atoms. The molecule has 3 aliphatic carbocycles. The van der Waals surface area contributed by atoms with Gasteiger partial charge in [0.2, 0.25) is 0 Å². The second kappa shape index (κ2) is 4.97. The van der Waals surface area contributed by atoms with Crippen LogP contribution in [0.5, 0.6) is 0 Å². The Morgan fingerprint density at radius 2 is 1.48 bits per heavy atom. The molecule has 0 spiro atoms. The first-order chi connectivity index (χ1) is 12.0. The Kier molecular flexibility index (Phi) is 3.02. The van der Waals surface area contributed by atoms with Gasteiger partial charge in [-0.25, -0.2) is 0 Å². The molecule has 1 saturated carbocycles. The van der Waals surface area contributed by atoms with Gasteiger partial charge in [0.15, 0.2) is 0 Å². The Morgan fingerprint density at radius 3 is 2.16 bits per heavy atom. The lowest BCUT2D eigenvalue weighted by Crippen LogP contribution is -2.30. The number of rotatable bonds is 2. The standard InChI is InChI=1S/C25H26/c1-24(2)21-14-15-25(24,3)23-20(18-12-8-5-9-13-18)16-19(22(21)23)17-10-6-4-7-11-17/h4-13,16,19,21H,14-15H2,1-3H3. The largest absolute Gasteiger partial charge is 0.0648 e. The van der Waals surface area contributed by atoms with E-state index >= 15 is 0 Å². The zero-order chi connectivity index (χ0) is 17.2. The molecule has 126 valence electrons. The molecule has 0 aliphatic heterocycles. The lowest BCUT2D eigenvalue weighted by molar-refractivity contribution is 0.172. The summed E-state index contributed by atoms with van der Waals surface area (Å²) >= 11 is 0. The normalized spacial score (nSPS) is 32.0. The van der Waals surface area contributed by atoms with E-state index in [1.165, 1.54) is 29.5 Å². The van der Waals surface area contributed by atoms with Crippen molar-refractivity contribution >= 4 is 5.57 Å². The van der Waals surface area contributed by atoms with Crippen molar-refractivity contribution in [2.45, 2.75) is 39.5 Å². The molecule has 25 heavy (non-hydrogen) atoms. The Hall–Kier alpha value is -2.08. The van der Waals surface area contributed by atoms with Crippen LogP contribution in [-0.4, -0.2) is 0 Å². The number of hydrogen-bond donors (Lipinski definition) is 0. The van der Waals surface area contributed by atoms with Gasteiger partial charge in [0.1, 0.15) is 0 Å². The van der Waals surface area contributed by atoms with Crippen molar-refractivity contribution in [1.82, 2.24) is 0 Å². The van der Waals surface area contributed by atoms with Crippen LogP contribution in [0.15, 0.2) is 77.9 Å². The highest BCUT2D eigenvalue weighted by molar-refractivity contribution is 5.88. The van der Waals surface area contributed by atoms with Crippen molar-refractivity contribution in [2.24, 2.45) is 16.7 Å². The van der Waals surface area contributed by atoms with Crippen LogP contribution in [0.25, 0.3) is 5.57 Å². The van der Waals surface area contributed by atoms with Crippen molar-refractivity contribution in [2.75, 3.05) is 0 Å². The van der Waals surface area contributed by atoms with Crippen molar-refractivity contribution in [3.05, 3.63) is 89.0 Å². The Balaban J connectivity index is 1.74. The van der Waals surface area contributed by atoms with E-state index in [-0.39, 0.29) is 0 Å². The van der Waals surface area contributed by atoms with E-state index in [0.29, 0.717) is 16.7 Å². The first-order valence-electron chi connectivity index (χ1n) is 9.61. The van der Waals surface area contributed by atoms with E-state index in [1.54, 1.807) is 11.1 Å². The van der Waals surface area contributed by atoms with Gasteiger partial charge in [0.25, 0.3) is 0 Å². The summed E-state index contributed by atoms with van der Waals surface area (Å²) in [5, 5.41) is 0. The number of allylic oxidation sites excluding steroid dienone is 4. The van der Waals surface area contributed by atoms with Crippen LogP contribution in [0.3, 0.4) is 0 Å². The highest BCUT2D eigenvalue weighted by atomic mass is 14.7. The summed E-state index contributed by atoms with van der Waals surface area (Å²) in [6.45, 7) is 7.54. The molecule has 3 aliphatic rings. The smallest absolute Gasteiger partial charge is 0.0246 e. The van der Waals surface area contributed by atoms with Gasteiger partial charge in [-0.3, -0.25) is 0 Å². The minimum atomic E-state index is 0.304. The van der Waals surface area contributed by atoms with Gasteiger partial charge in [-0.2, -0.15) is 0 Å². The molecule has 0 nitrogen and oxygen atoms in total. The maximum atomic E-state index is 2.56. The molecular weight excluding hydrogens is 300 g/mol. The highest BCUT2D eigenvalue weighted by Crippen LogP contribution is 2.73. The first kappa shape index (κ1) is 15.2. The van der Waals surface area contributed by atoms with E-state index in [1.807, 2.05) is 0 Å². The molecule has 0 N–H and O–H groups in total. The fraction of sp³-hybridized carbons (Fsp3) is 0.360. The van der Waals surface area contributed by atoms with Crippen molar-refractivity contribution in [1.29, 1.82) is 0 Å². The van der Waals surface area contributed by atoms with Gasteiger partial charge in [-0.1, -0.05) is 93.1 Å². The van der Waals surface area contributed by atoms with Crippen LogP contribution in [0, 0.1) is 16.7 Å². The average Bonchev–Trinajstić information content (AvgIpc) is 3.19. The lowest BCUT2D eigenvalue weighted by atomic mass is 9.65. The SMILES string of the molecule is CC12CCC(C3=C1C(c1ccccc1)=CC3c1ccccc1)C2(C)C. The van der Waals surface area contributed by atoms with E-state index in [0.717, 1.165) is 5.92 Å². The van der Waals surface area contributed by atoms with Gasteiger partial charge in [0, 0.05) is 5.92 Å². The van der Waals surface area contributed by atoms with Gasteiger partial charge in [-0.15, -0.1) is 0 Å². The van der Waals surface area contributed by atoms with Crippen LogP contribution in [-0.2, 0) is 0 Å². The quantitative estimate of drug-likeness (QED) is 0.581. The molecule has 0 radical (unpaired) electrons. The van der Waals surface area contributed by atoms with Crippen LogP contribution in [0.1, 0.15) is 50.7 Å². The van der Waals surface area contributed by atoms with E-state index < -0.39 is 0 Å². The van der Waals surface area contributed by atoms with Gasteiger partial charge < -0.3 is 0 Å². The number of hydrogen-bond acceptors (Lipinski definition) is 0. The fourth-order valence-corrected chi connectivity index (χ4v) is 5.94. The molecule has 1 fully saturated rings.